The lowest BCUT2D eigenvalue weighted by Gasteiger charge is -2.16. The van der Waals surface area contributed by atoms with E-state index in [0.29, 0.717) is 17.0 Å². The van der Waals surface area contributed by atoms with E-state index in [1.807, 2.05) is 0 Å². The van der Waals surface area contributed by atoms with Crippen LogP contribution in [0.2, 0.25) is 0 Å². The van der Waals surface area contributed by atoms with Crippen molar-refractivity contribution in [3.8, 4) is 17.0 Å². The highest BCUT2D eigenvalue weighted by Crippen LogP contribution is 2.20. The largest absolute Gasteiger partial charge is 0.497 e. The van der Waals surface area contributed by atoms with E-state index in [4.69, 9.17) is 4.74 Å². The zero-order valence-corrected chi connectivity index (χ0v) is 13.5. The van der Waals surface area contributed by atoms with Crippen LogP contribution in [0.15, 0.2) is 41.2 Å². The van der Waals surface area contributed by atoms with E-state index in [1.165, 1.54) is 26.2 Å². The fraction of sp³-hybridized carbons (Fsp3) is 0.312. The summed E-state index contributed by atoms with van der Waals surface area (Å²) in [6.07, 6.45) is -4.53. The first-order valence-electron chi connectivity index (χ1n) is 7.30. The average molecular weight is 355 g/mol. The second-order valence-electron chi connectivity index (χ2n) is 5.24. The van der Waals surface area contributed by atoms with Gasteiger partial charge in [0.25, 0.3) is 5.56 Å². The number of hydrogen-bond acceptors (Lipinski definition) is 4. The number of nitrogens with one attached hydrogen (secondary N) is 1. The van der Waals surface area contributed by atoms with E-state index in [0.717, 1.165) is 4.68 Å². The third kappa shape index (κ3) is 4.82. The molecule has 1 aromatic heterocycles. The maximum atomic E-state index is 12.2. The number of carbonyl (C=O) groups is 1. The van der Waals surface area contributed by atoms with Gasteiger partial charge in [-0.15, -0.1) is 0 Å². The number of ether oxygens (including phenoxy) is 1. The van der Waals surface area contributed by atoms with Crippen LogP contribution in [0.1, 0.15) is 13.0 Å². The third-order valence-corrected chi connectivity index (χ3v) is 3.42. The molecule has 1 aromatic carbocycles. The van der Waals surface area contributed by atoms with Crippen molar-refractivity contribution in [1.82, 2.24) is 15.1 Å². The Kier molecular flexibility index (Phi) is 5.45. The fourth-order valence-electron chi connectivity index (χ4n) is 2.06. The predicted molar refractivity (Wildman–Crippen MR) is 84.3 cm³/mol. The van der Waals surface area contributed by atoms with E-state index < -0.39 is 30.2 Å². The van der Waals surface area contributed by atoms with Crippen LogP contribution >= 0.6 is 0 Å². The summed E-state index contributed by atoms with van der Waals surface area (Å²) in [7, 11) is 1.52. The third-order valence-electron chi connectivity index (χ3n) is 3.42. The number of nitrogens with zero attached hydrogens (tertiary/aromatic N) is 2. The molecule has 0 fully saturated rings. The molecule has 0 aliphatic heterocycles. The Labute approximate surface area is 141 Å². The smallest absolute Gasteiger partial charge is 0.405 e. The Morgan fingerprint density at radius 1 is 1.24 bits per heavy atom. The van der Waals surface area contributed by atoms with Gasteiger partial charge in [0.05, 0.1) is 12.8 Å². The Morgan fingerprint density at radius 2 is 1.88 bits per heavy atom. The zero-order chi connectivity index (χ0) is 18.6. The minimum absolute atomic E-state index is 0.401. The van der Waals surface area contributed by atoms with Crippen LogP contribution in [0.5, 0.6) is 5.75 Å². The van der Waals surface area contributed by atoms with Gasteiger partial charge in [0.15, 0.2) is 0 Å². The second kappa shape index (κ2) is 7.37. The lowest BCUT2D eigenvalue weighted by atomic mass is 10.1. The van der Waals surface area contributed by atoms with E-state index in [1.54, 1.807) is 29.6 Å². The number of methoxy groups -OCH3 is 1. The lowest BCUT2D eigenvalue weighted by molar-refractivity contribution is -0.140. The molecule has 6 nitrogen and oxygen atoms in total. The number of amides is 1. The summed E-state index contributed by atoms with van der Waals surface area (Å²) in [5, 5.41) is 5.83. The molecule has 9 heteroatoms. The van der Waals surface area contributed by atoms with Gasteiger partial charge in [0, 0.05) is 11.6 Å². The molecule has 0 saturated carbocycles. The lowest BCUT2D eigenvalue weighted by Crippen LogP contribution is -2.40. The van der Waals surface area contributed by atoms with Crippen LogP contribution in [0.4, 0.5) is 13.2 Å². The van der Waals surface area contributed by atoms with Gasteiger partial charge in [-0.1, -0.05) is 0 Å². The molecular formula is C16H16F3N3O3. The van der Waals surface area contributed by atoms with Crippen molar-refractivity contribution >= 4 is 5.91 Å². The van der Waals surface area contributed by atoms with Gasteiger partial charge in [-0.3, -0.25) is 9.59 Å². The minimum Gasteiger partial charge on any atom is -0.497 e. The van der Waals surface area contributed by atoms with Gasteiger partial charge in [0.1, 0.15) is 18.3 Å². The number of rotatable bonds is 5. The summed E-state index contributed by atoms with van der Waals surface area (Å²) in [5.74, 6) is -0.309. The summed E-state index contributed by atoms with van der Waals surface area (Å²) >= 11 is 0. The minimum atomic E-state index is -4.53. The van der Waals surface area contributed by atoms with Gasteiger partial charge in [0.2, 0.25) is 5.91 Å². The van der Waals surface area contributed by atoms with E-state index in [-0.39, 0.29) is 0 Å². The SMILES string of the molecule is COc1ccc(-c2ccc(=O)n([C@@H](C)C(=O)NCC(F)(F)F)n2)cc1. The highest BCUT2D eigenvalue weighted by Gasteiger charge is 2.29. The number of hydrogen-bond donors (Lipinski definition) is 1. The van der Waals surface area contributed by atoms with Crippen LogP contribution in [0, 0.1) is 0 Å². The van der Waals surface area contributed by atoms with Gasteiger partial charge in [-0.2, -0.15) is 18.3 Å². The molecule has 2 rings (SSSR count). The highest BCUT2D eigenvalue weighted by molar-refractivity contribution is 5.79. The maximum absolute atomic E-state index is 12.2. The molecular weight excluding hydrogens is 339 g/mol. The summed E-state index contributed by atoms with van der Waals surface area (Å²) in [6, 6.07) is 8.32. The first kappa shape index (κ1) is 18.5. The summed E-state index contributed by atoms with van der Waals surface area (Å²) in [5.41, 5.74) is 0.474. The number of benzene rings is 1. The molecule has 0 radical (unpaired) electrons. The van der Waals surface area contributed by atoms with E-state index >= 15 is 0 Å². The van der Waals surface area contributed by atoms with Crippen molar-refractivity contribution in [2.45, 2.75) is 19.1 Å². The van der Waals surface area contributed by atoms with Gasteiger partial charge in [-0.25, -0.2) is 4.68 Å². The summed E-state index contributed by atoms with van der Waals surface area (Å²) in [4.78, 5) is 23.8. The van der Waals surface area contributed by atoms with E-state index in [2.05, 4.69) is 5.10 Å². The van der Waals surface area contributed by atoms with Crippen molar-refractivity contribution in [1.29, 1.82) is 0 Å². The van der Waals surface area contributed by atoms with Gasteiger partial charge >= 0.3 is 6.18 Å². The van der Waals surface area contributed by atoms with E-state index in [9.17, 15) is 22.8 Å². The Balaban J connectivity index is 2.25. The summed E-state index contributed by atoms with van der Waals surface area (Å²) in [6.45, 7) is -0.166. The average Bonchev–Trinajstić information content (AvgIpc) is 2.59. The topological polar surface area (TPSA) is 73.2 Å². The van der Waals surface area contributed by atoms with Crippen molar-refractivity contribution in [3.05, 3.63) is 46.8 Å². The maximum Gasteiger partial charge on any atom is 0.405 e. The monoisotopic (exact) mass is 355 g/mol. The van der Waals surface area contributed by atoms with Crippen LogP contribution in [-0.4, -0.2) is 35.5 Å². The molecule has 0 spiro atoms. The Hall–Kier alpha value is -2.84. The Bertz CT molecular complexity index is 801. The fourth-order valence-corrected chi connectivity index (χ4v) is 2.06. The van der Waals surface area contributed by atoms with Gasteiger partial charge < -0.3 is 10.1 Å². The van der Waals surface area contributed by atoms with Gasteiger partial charge in [-0.05, 0) is 37.3 Å². The molecule has 1 heterocycles. The molecule has 2 aromatic rings. The molecule has 0 aliphatic carbocycles. The van der Waals surface area contributed by atoms with Crippen LogP contribution in [-0.2, 0) is 4.79 Å². The second-order valence-corrected chi connectivity index (χ2v) is 5.24. The molecule has 134 valence electrons. The number of carbonyl (C=O) groups excluding carboxylic acids is 1. The molecule has 0 aliphatic rings. The molecule has 1 N–H and O–H groups in total. The van der Waals surface area contributed by atoms with Crippen molar-refractivity contribution in [2.24, 2.45) is 0 Å². The number of aromatic nitrogens is 2. The van der Waals surface area contributed by atoms with Crippen LogP contribution in [0.25, 0.3) is 11.3 Å². The zero-order valence-electron chi connectivity index (χ0n) is 13.5. The molecule has 0 saturated heterocycles. The quantitative estimate of drug-likeness (QED) is 0.892. The first-order chi connectivity index (χ1) is 11.7. The van der Waals surface area contributed by atoms with Crippen LogP contribution < -0.4 is 15.6 Å². The normalized spacial score (nSPS) is 12.5. The highest BCUT2D eigenvalue weighted by atomic mass is 19.4. The molecule has 1 atom stereocenters. The summed E-state index contributed by atoms with van der Waals surface area (Å²) < 4.78 is 42.5. The number of halogens is 3. The molecule has 25 heavy (non-hydrogen) atoms. The first-order valence-corrected chi connectivity index (χ1v) is 7.30. The van der Waals surface area contributed by atoms with Crippen molar-refractivity contribution < 1.29 is 22.7 Å². The molecule has 0 unspecified atom stereocenters. The Morgan fingerprint density at radius 3 is 2.44 bits per heavy atom. The predicted octanol–water partition coefficient (Wildman–Crippen LogP) is 2.16. The standard InChI is InChI=1S/C16H16F3N3O3/c1-10(15(24)20-9-16(17,18)19)22-14(23)8-7-13(21-22)11-3-5-12(25-2)6-4-11/h3-8,10H,9H2,1-2H3,(H,20,24)/t10-/m0/s1. The molecule has 1 amide bonds. The van der Waals surface area contributed by atoms with Crippen molar-refractivity contribution in [3.63, 3.8) is 0 Å². The molecule has 0 bridgehead atoms. The van der Waals surface area contributed by atoms with Crippen molar-refractivity contribution in [2.75, 3.05) is 13.7 Å². The van der Waals surface area contributed by atoms with Crippen LogP contribution in [0.3, 0.4) is 0 Å². The number of alkyl halides is 3.